The van der Waals surface area contributed by atoms with Gasteiger partial charge in [-0.15, -0.1) is 11.3 Å². The molecule has 0 aliphatic heterocycles. The van der Waals surface area contributed by atoms with Crippen LogP contribution in [0.5, 0.6) is 0 Å². The van der Waals surface area contributed by atoms with Crippen molar-refractivity contribution in [2.45, 2.75) is 12.5 Å². The third-order valence-electron chi connectivity index (χ3n) is 2.65. The van der Waals surface area contributed by atoms with Crippen molar-refractivity contribution in [3.05, 3.63) is 35.2 Å². The van der Waals surface area contributed by atoms with Crippen molar-refractivity contribution in [3.63, 3.8) is 0 Å². The molecular formula is C12H15NS2. The lowest BCUT2D eigenvalue weighted by atomic mass is 10.0. The van der Waals surface area contributed by atoms with E-state index in [-0.39, 0.29) is 0 Å². The molecule has 80 valence electrons. The average Bonchev–Trinajstić information content (AvgIpc) is 2.70. The number of thiol groups is 1. The van der Waals surface area contributed by atoms with Crippen molar-refractivity contribution < 1.29 is 0 Å². The largest absolute Gasteiger partial charge is 0.313 e. The molecule has 3 heteroatoms. The number of rotatable bonds is 4. The predicted molar refractivity (Wildman–Crippen MR) is 72.1 cm³/mol. The molecule has 1 nitrogen and oxygen atoms in total. The Hall–Kier alpha value is -0.510. The van der Waals surface area contributed by atoms with Gasteiger partial charge in [-0.1, -0.05) is 18.2 Å². The molecule has 0 fully saturated rings. The Morgan fingerprint density at radius 2 is 2.20 bits per heavy atom. The van der Waals surface area contributed by atoms with Gasteiger partial charge in [0.2, 0.25) is 0 Å². The van der Waals surface area contributed by atoms with Gasteiger partial charge in [0.1, 0.15) is 0 Å². The number of hydrogen-bond donors (Lipinski definition) is 2. The second kappa shape index (κ2) is 5.01. The van der Waals surface area contributed by atoms with Crippen LogP contribution in [0.3, 0.4) is 0 Å². The molecular weight excluding hydrogens is 222 g/mol. The maximum absolute atomic E-state index is 4.30. The molecule has 2 rings (SSSR count). The highest BCUT2D eigenvalue weighted by Gasteiger charge is 2.12. The molecule has 1 aromatic carbocycles. The quantitative estimate of drug-likeness (QED) is 0.776. The minimum absolute atomic E-state index is 0.429. The fraction of sp³-hybridized carbons (Fsp3) is 0.333. The number of nitrogens with one attached hydrogen (secondary N) is 1. The summed E-state index contributed by atoms with van der Waals surface area (Å²) < 4.78 is 1.37. The minimum Gasteiger partial charge on any atom is -0.313 e. The van der Waals surface area contributed by atoms with Crippen molar-refractivity contribution in [1.82, 2.24) is 5.32 Å². The first kappa shape index (κ1) is 11.0. The Bertz CT molecular complexity index is 436. The van der Waals surface area contributed by atoms with E-state index in [1.165, 1.54) is 15.6 Å². The van der Waals surface area contributed by atoms with E-state index in [9.17, 15) is 0 Å². The lowest BCUT2D eigenvalue weighted by Crippen LogP contribution is -2.16. The molecule has 0 radical (unpaired) electrons. The average molecular weight is 237 g/mol. The summed E-state index contributed by atoms with van der Waals surface area (Å²) in [7, 11) is 2.01. The normalized spacial score (nSPS) is 13.2. The van der Waals surface area contributed by atoms with Crippen LogP contribution in [0.15, 0.2) is 29.6 Å². The van der Waals surface area contributed by atoms with Crippen molar-refractivity contribution in [2.24, 2.45) is 0 Å². The Morgan fingerprint density at radius 1 is 1.40 bits per heavy atom. The number of thiophene rings is 1. The minimum atomic E-state index is 0.429. The van der Waals surface area contributed by atoms with E-state index < -0.39 is 0 Å². The lowest BCUT2D eigenvalue weighted by Gasteiger charge is -2.14. The molecule has 1 aromatic heterocycles. The molecule has 1 unspecified atom stereocenters. The van der Waals surface area contributed by atoms with Gasteiger partial charge in [0.25, 0.3) is 0 Å². The first-order valence-corrected chi connectivity index (χ1v) is 6.62. The van der Waals surface area contributed by atoms with Gasteiger partial charge in [-0.05, 0) is 41.6 Å². The van der Waals surface area contributed by atoms with Gasteiger partial charge in [0, 0.05) is 10.7 Å². The first-order valence-electron chi connectivity index (χ1n) is 5.11. The third-order valence-corrected chi connectivity index (χ3v) is 3.89. The molecule has 0 bridgehead atoms. The predicted octanol–water partition coefficient (Wildman–Crippen LogP) is 3.48. The van der Waals surface area contributed by atoms with E-state index in [1.54, 1.807) is 0 Å². The van der Waals surface area contributed by atoms with Gasteiger partial charge in [-0.2, -0.15) is 12.6 Å². The Morgan fingerprint density at radius 3 is 2.93 bits per heavy atom. The molecule has 2 aromatic rings. The van der Waals surface area contributed by atoms with E-state index in [0.717, 1.165) is 12.2 Å². The molecule has 1 atom stereocenters. The van der Waals surface area contributed by atoms with Crippen LogP contribution >= 0.6 is 24.0 Å². The van der Waals surface area contributed by atoms with Gasteiger partial charge in [0.15, 0.2) is 0 Å². The van der Waals surface area contributed by atoms with E-state index in [4.69, 9.17) is 0 Å². The Kier molecular flexibility index (Phi) is 3.67. The van der Waals surface area contributed by atoms with Crippen LogP contribution in [0.2, 0.25) is 0 Å². The summed E-state index contributed by atoms with van der Waals surface area (Å²) in [6.07, 6.45) is 1.07. The highest BCUT2D eigenvalue weighted by Crippen LogP contribution is 2.31. The monoisotopic (exact) mass is 237 g/mol. The standard InChI is InChI=1S/C12H15NS2/c1-13-11(6-7-14)10-8-15-12-5-3-2-4-9(10)12/h2-5,8,11,13-14H,6-7H2,1H3. The van der Waals surface area contributed by atoms with Gasteiger partial charge >= 0.3 is 0 Å². The van der Waals surface area contributed by atoms with Crippen molar-refractivity contribution >= 4 is 34.1 Å². The molecule has 0 saturated carbocycles. The second-order valence-electron chi connectivity index (χ2n) is 3.54. The third kappa shape index (κ3) is 2.19. The zero-order valence-electron chi connectivity index (χ0n) is 8.73. The molecule has 0 saturated heterocycles. The van der Waals surface area contributed by atoms with Crippen LogP contribution in [0.1, 0.15) is 18.0 Å². The molecule has 0 spiro atoms. The second-order valence-corrected chi connectivity index (χ2v) is 4.90. The van der Waals surface area contributed by atoms with Crippen LogP contribution in [-0.2, 0) is 0 Å². The van der Waals surface area contributed by atoms with Gasteiger partial charge in [-0.3, -0.25) is 0 Å². The first-order chi connectivity index (χ1) is 7.36. The van der Waals surface area contributed by atoms with Crippen molar-refractivity contribution in [1.29, 1.82) is 0 Å². The van der Waals surface area contributed by atoms with Crippen LogP contribution in [0, 0.1) is 0 Å². The molecule has 0 aliphatic rings. The van der Waals surface area contributed by atoms with Crippen LogP contribution in [0.4, 0.5) is 0 Å². The summed E-state index contributed by atoms with van der Waals surface area (Å²) in [4.78, 5) is 0. The number of hydrogen-bond acceptors (Lipinski definition) is 3. The van der Waals surface area contributed by atoms with E-state index in [2.05, 4.69) is 47.6 Å². The molecule has 0 amide bonds. The van der Waals surface area contributed by atoms with Crippen LogP contribution in [-0.4, -0.2) is 12.8 Å². The van der Waals surface area contributed by atoms with Gasteiger partial charge in [-0.25, -0.2) is 0 Å². The lowest BCUT2D eigenvalue weighted by molar-refractivity contribution is 0.587. The molecule has 0 aliphatic carbocycles. The Balaban J connectivity index is 2.41. The summed E-state index contributed by atoms with van der Waals surface area (Å²) in [6, 6.07) is 9.00. The maximum atomic E-state index is 4.30. The zero-order chi connectivity index (χ0) is 10.7. The molecule has 1 N–H and O–H groups in total. The van der Waals surface area contributed by atoms with Gasteiger partial charge < -0.3 is 5.32 Å². The number of benzene rings is 1. The molecule has 1 heterocycles. The summed E-state index contributed by atoms with van der Waals surface area (Å²) in [6.45, 7) is 0. The zero-order valence-corrected chi connectivity index (χ0v) is 10.4. The van der Waals surface area contributed by atoms with E-state index >= 15 is 0 Å². The topological polar surface area (TPSA) is 12.0 Å². The van der Waals surface area contributed by atoms with Crippen LogP contribution < -0.4 is 5.32 Å². The van der Waals surface area contributed by atoms with E-state index in [0.29, 0.717) is 6.04 Å². The maximum Gasteiger partial charge on any atom is 0.0346 e. The Labute approximate surface area is 99.9 Å². The van der Waals surface area contributed by atoms with E-state index in [1.807, 2.05) is 18.4 Å². The molecule has 15 heavy (non-hydrogen) atoms. The van der Waals surface area contributed by atoms with Crippen molar-refractivity contribution in [3.8, 4) is 0 Å². The fourth-order valence-corrected chi connectivity index (χ4v) is 3.13. The summed E-state index contributed by atoms with van der Waals surface area (Å²) in [5.41, 5.74) is 1.41. The smallest absolute Gasteiger partial charge is 0.0346 e. The fourth-order valence-electron chi connectivity index (χ4n) is 1.85. The number of fused-ring (bicyclic) bond motifs is 1. The highest BCUT2D eigenvalue weighted by atomic mass is 32.1. The van der Waals surface area contributed by atoms with Crippen LogP contribution in [0.25, 0.3) is 10.1 Å². The highest BCUT2D eigenvalue weighted by molar-refractivity contribution is 7.80. The van der Waals surface area contributed by atoms with Gasteiger partial charge in [0.05, 0.1) is 0 Å². The SMILES string of the molecule is CNC(CCS)c1csc2ccccc12. The summed E-state index contributed by atoms with van der Waals surface area (Å²) in [5, 5.41) is 6.99. The summed E-state index contributed by atoms with van der Waals surface area (Å²) in [5.74, 6) is 0.912. The van der Waals surface area contributed by atoms with Crippen molar-refractivity contribution in [2.75, 3.05) is 12.8 Å². The summed E-state index contributed by atoms with van der Waals surface area (Å²) >= 11 is 6.12.